The molecule has 1 fully saturated rings. The van der Waals surface area contributed by atoms with Crippen molar-refractivity contribution in [3.63, 3.8) is 0 Å². The molecule has 1 aliphatic rings. The highest BCUT2D eigenvalue weighted by Gasteiger charge is 2.31. The van der Waals surface area contributed by atoms with Gasteiger partial charge in [0.15, 0.2) is 11.8 Å². The quantitative estimate of drug-likeness (QED) is 0.400. The molecule has 142 valence electrons. The maximum atomic E-state index is 4.76. The van der Waals surface area contributed by atoms with Gasteiger partial charge in [-0.05, 0) is 50.0 Å². The number of hydrogen-bond acceptors (Lipinski definition) is 4. The Bertz CT molecular complexity index is 548. The lowest BCUT2D eigenvalue weighted by molar-refractivity contribution is 0.283. The van der Waals surface area contributed by atoms with E-state index in [1.54, 1.807) is 0 Å². The normalized spacial score (nSPS) is 17.0. The standard InChI is InChI=1S/C18H34N6S/c1-5-18(9-6-7-10-18)14-21-17(19-11-8-12-25-4)20-13-16-23-22-15(2)24(16)3/h5-14H2,1-4H3,(H2,19,20,21). The molecular weight excluding hydrogens is 332 g/mol. The van der Waals surface area contributed by atoms with E-state index in [9.17, 15) is 0 Å². The fourth-order valence-electron chi connectivity index (χ4n) is 3.39. The minimum Gasteiger partial charge on any atom is -0.356 e. The van der Waals surface area contributed by atoms with E-state index in [2.05, 4.69) is 34.0 Å². The third kappa shape index (κ3) is 5.90. The smallest absolute Gasteiger partial charge is 0.191 e. The lowest BCUT2D eigenvalue weighted by Crippen LogP contribution is -2.43. The van der Waals surface area contributed by atoms with Gasteiger partial charge in [-0.3, -0.25) is 0 Å². The van der Waals surface area contributed by atoms with Crippen molar-refractivity contribution in [2.24, 2.45) is 17.5 Å². The molecule has 0 unspecified atom stereocenters. The molecule has 0 aromatic carbocycles. The number of nitrogens with zero attached hydrogens (tertiary/aromatic N) is 4. The number of guanidine groups is 1. The van der Waals surface area contributed by atoms with Crippen LogP contribution < -0.4 is 10.6 Å². The van der Waals surface area contributed by atoms with Gasteiger partial charge in [0.05, 0.1) is 0 Å². The molecule has 0 aliphatic heterocycles. The maximum Gasteiger partial charge on any atom is 0.191 e. The van der Waals surface area contributed by atoms with Crippen LogP contribution in [0.2, 0.25) is 0 Å². The highest BCUT2D eigenvalue weighted by atomic mass is 32.2. The molecule has 0 saturated heterocycles. The van der Waals surface area contributed by atoms with Crippen molar-refractivity contribution < 1.29 is 0 Å². The van der Waals surface area contributed by atoms with Crippen LogP contribution in [0, 0.1) is 12.3 Å². The Morgan fingerprint density at radius 2 is 2.04 bits per heavy atom. The molecule has 0 amide bonds. The summed E-state index contributed by atoms with van der Waals surface area (Å²) >= 11 is 1.88. The molecule has 0 bridgehead atoms. The number of aliphatic imine (C=N–C) groups is 1. The highest BCUT2D eigenvalue weighted by molar-refractivity contribution is 7.98. The summed E-state index contributed by atoms with van der Waals surface area (Å²) < 4.78 is 2.00. The van der Waals surface area contributed by atoms with E-state index in [1.165, 1.54) is 37.9 Å². The van der Waals surface area contributed by atoms with Crippen molar-refractivity contribution in [1.29, 1.82) is 0 Å². The first-order chi connectivity index (χ1) is 12.1. The van der Waals surface area contributed by atoms with Gasteiger partial charge >= 0.3 is 0 Å². The molecule has 0 radical (unpaired) electrons. The zero-order valence-corrected chi connectivity index (χ0v) is 17.1. The van der Waals surface area contributed by atoms with Crippen LogP contribution in [0.4, 0.5) is 0 Å². The highest BCUT2D eigenvalue weighted by Crippen LogP contribution is 2.40. The minimum atomic E-state index is 0.448. The monoisotopic (exact) mass is 366 g/mol. The Balaban J connectivity index is 1.96. The van der Waals surface area contributed by atoms with Crippen molar-refractivity contribution in [3.8, 4) is 0 Å². The van der Waals surface area contributed by atoms with Crippen LogP contribution in [0.15, 0.2) is 4.99 Å². The number of nitrogens with one attached hydrogen (secondary N) is 2. The van der Waals surface area contributed by atoms with Crippen LogP contribution in [-0.2, 0) is 13.6 Å². The zero-order chi connectivity index (χ0) is 18.1. The Hall–Kier alpha value is -1.24. The second-order valence-corrected chi connectivity index (χ2v) is 8.06. The second-order valence-electron chi connectivity index (χ2n) is 7.07. The molecule has 6 nitrogen and oxygen atoms in total. The van der Waals surface area contributed by atoms with Gasteiger partial charge in [-0.2, -0.15) is 11.8 Å². The first-order valence-electron chi connectivity index (χ1n) is 9.46. The summed E-state index contributed by atoms with van der Waals surface area (Å²) in [4.78, 5) is 4.76. The average molecular weight is 367 g/mol. The summed E-state index contributed by atoms with van der Waals surface area (Å²) in [5.74, 6) is 3.89. The predicted molar refractivity (Wildman–Crippen MR) is 107 cm³/mol. The third-order valence-corrected chi connectivity index (χ3v) is 6.12. The molecule has 0 atom stereocenters. The molecule has 2 rings (SSSR count). The van der Waals surface area contributed by atoms with E-state index in [0.29, 0.717) is 12.0 Å². The van der Waals surface area contributed by atoms with E-state index >= 15 is 0 Å². The van der Waals surface area contributed by atoms with Gasteiger partial charge < -0.3 is 15.2 Å². The first-order valence-corrected chi connectivity index (χ1v) is 10.9. The lowest BCUT2D eigenvalue weighted by Gasteiger charge is -2.28. The lowest BCUT2D eigenvalue weighted by atomic mass is 9.83. The molecule has 1 aliphatic carbocycles. The van der Waals surface area contributed by atoms with Gasteiger partial charge in [-0.15, -0.1) is 10.2 Å². The molecular formula is C18H34N6S. The number of aryl methyl sites for hydroxylation is 1. The molecule has 2 N–H and O–H groups in total. The Kier molecular flexibility index (Phi) is 8.06. The minimum absolute atomic E-state index is 0.448. The van der Waals surface area contributed by atoms with Gasteiger partial charge in [0.2, 0.25) is 0 Å². The summed E-state index contributed by atoms with van der Waals surface area (Å²) in [6.45, 7) is 6.79. The van der Waals surface area contributed by atoms with E-state index in [4.69, 9.17) is 4.99 Å². The molecule has 7 heteroatoms. The number of hydrogen-bond donors (Lipinski definition) is 2. The van der Waals surface area contributed by atoms with Gasteiger partial charge in [0, 0.05) is 20.1 Å². The SMILES string of the molecule is CCC1(CNC(=NCc2nnc(C)n2C)NCCCSC)CCCC1. The van der Waals surface area contributed by atoms with Crippen LogP contribution in [0.25, 0.3) is 0 Å². The van der Waals surface area contributed by atoms with Crippen molar-refractivity contribution >= 4 is 17.7 Å². The van der Waals surface area contributed by atoms with E-state index in [-0.39, 0.29) is 0 Å². The fraction of sp³-hybridized carbons (Fsp3) is 0.833. The Morgan fingerprint density at radius 1 is 1.28 bits per heavy atom. The van der Waals surface area contributed by atoms with Crippen molar-refractivity contribution in [1.82, 2.24) is 25.4 Å². The zero-order valence-electron chi connectivity index (χ0n) is 16.3. The Labute approximate surface area is 156 Å². The summed E-state index contributed by atoms with van der Waals surface area (Å²) in [6, 6.07) is 0. The first kappa shape index (κ1) is 20.1. The van der Waals surface area contributed by atoms with Gasteiger partial charge in [-0.1, -0.05) is 19.8 Å². The van der Waals surface area contributed by atoms with Gasteiger partial charge in [0.25, 0.3) is 0 Å². The van der Waals surface area contributed by atoms with E-state index in [0.717, 1.165) is 37.1 Å². The van der Waals surface area contributed by atoms with Crippen LogP contribution >= 0.6 is 11.8 Å². The number of aromatic nitrogens is 3. The Morgan fingerprint density at radius 3 is 2.64 bits per heavy atom. The number of rotatable bonds is 9. The van der Waals surface area contributed by atoms with Crippen molar-refractivity contribution in [2.45, 2.75) is 58.9 Å². The van der Waals surface area contributed by atoms with Gasteiger partial charge in [0.1, 0.15) is 12.4 Å². The summed E-state index contributed by atoms with van der Waals surface area (Å²) in [5, 5.41) is 15.4. The number of thioether (sulfide) groups is 1. The topological polar surface area (TPSA) is 67.1 Å². The summed E-state index contributed by atoms with van der Waals surface area (Å²) in [6.07, 6.45) is 9.92. The largest absolute Gasteiger partial charge is 0.356 e. The third-order valence-electron chi connectivity index (χ3n) is 5.42. The van der Waals surface area contributed by atoms with Crippen molar-refractivity contribution in [3.05, 3.63) is 11.6 Å². The van der Waals surface area contributed by atoms with E-state index in [1.807, 2.05) is 30.3 Å². The van der Waals surface area contributed by atoms with Crippen LogP contribution in [0.1, 0.15) is 57.1 Å². The molecule has 25 heavy (non-hydrogen) atoms. The van der Waals surface area contributed by atoms with Crippen molar-refractivity contribution in [2.75, 3.05) is 25.1 Å². The molecule has 1 aromatic rings. The van der Waals surface area contributed by atoms with Crippen LogP contribution in [-0.4, -0.2) is 45.8 Å². The van der Waals surface area contributed by atoms with Crippen LogP contribution in [0.5, 0.6) is 0 Å². The predicted octanol–water partition coefficient (Wildman–Crippen LogP) is 2.88. The molecule has 1 heterocycles. The molecule has 1 aromatic heterocycles. The molecule has 1 saturated carbocycles. The fourth-order valence-corrected chi connectivity index (χ4v) is 3.82. The van der Waals surface area contributed by atoms with Crippen LogP contribution in [0.3, 0.4) is 0 Å². The average Bonchev–Trinajstić information content (AvgIpc) is 3.22. The van der Waals surface area contributed by atoms with E-state index < -0.39 is 0 Å². The summed E-state index contributed by atoms with van der Waals surface area (Å²) in [5.41, 5.74) is 0.448. The van der Waals surface area contributed by atoms with Gasteiger partial charge in [-0.25, -0.2) is 4.99 Å². The molecule has 0 spiro atoms. The second kappa shape index (κ2) is 10.0. The summed E-state index contributed by atoms with van der Waals surface area (Å²) in [7, 11) is 1.99. The maximum absolute atomic E-state index is 4.76.